The number of benzene rings is 1. The van der Waals surface area contributed by atoms with E-state index in [1.54, 1.807) is 18.2 Å². The van der Waals surface area contributed by atoms with Crippen LogP contribution in [0.3, 0.4) is 0 Å². The van der Waals surface area contributed by atoms with Gasteiger partial charge in [-0.3, -0.25) is 0 Å². The zero-order valence-corrected chi connectivity index (χ0v) is 7.75. The molecule has 5 heteroatoms. The maximum atomic E-state index is 10.2. The highest BCUT2D eigenvalue weighted by molar-refractivity contribution is 5.63. The number of rotatable bonds is 3. The van der Waals surface area contributed by atoms with Gasteiger partial charge in [0.05, 0.1) is 12.0 Å². The molecule has 1 aromatic heterocycles. The number of aldehydes is 1. The molecule has 0 saturated heterocycles. The zero-order valence-electron chi connectivity index (χ0n) is 7.75. The van der Waals surface area contributed by atoms with Gasteiger partial charge in [0.15, 0.2) is 0 Å². The van der Waals surface area contributed by atoms with Crippen LogP contribution in [0.25, 0.3) is 11.4 Å². The molecule has 15 heavy (non-hydrogen) atoms. The largest absolute Gasteiger partial charge is 0.507 e. The van der Waals surface area contributed by atoms with Crippen LogP contribution >= 0.6 is 0 Å². The van der Waals surface area contributed by atoms with Gasteiger partial charge in [-0.2, -0.15) is 4.98 Å². The number of carbonyl (C=O) groups excluding carboxylic acids is 1. The Bertz CT molecular complexity index is 479. The summed E-state index contributed by atoms with van der Waals surface area (Å²) in [6.07, 6.45) is 0.767. The minimum Gasteiger partial charge on any atom is -0.507 e. The first-order valence-corrected chi connectivity index (χ1v) is 4.36. The number of hydrogen-bond donors (Lipinski definition) is 1. The van der Waals surface area contributed by atoms with Crippen molar-refractivity contribution < 1.29 is 14.4 Å². The summed E-state index contributed by atoms with van der Waals surface area (Å²) in [5, 5.41) is 13.2. The lowest BCUT2D eigenvalue weighted by Crippen LogP contribution is -1.85. The summed E-state index contributed by atoms with van der Waals surface area (Å²) in [5.41, 5.74) is 0.485. The molecule has 1 aromatic carbocycles. The van der Waals surface area contributed by atoms with E-state index in [9.17, 15) is 9.90 Å². The van der Waals surface area contributed by atoms with Crippen LogP contribution in [-0.4, -0.2) is 21.5 Å². The lowest BCUT2D eigenvalue weighted by Gasteiger charge is -1.96. The van der Waals surface area contributed by atoms with Crippen molar-refractivity contribution >= 4 is 6.29 Å². The molecule has 1 N–H and O–H groups in total. The summed E-state index contributed by atoms with van der Waals surface area (Å²) >= 11 is 0. The summed E-state index contributed by atoms with van der Waals surface area (Å²) < 4.78 is 4.81. The number of para-hydroxylation sites is 1. The predicted molar refractivity (Wildman–Crippen MR) is 51.2 cm³/mol. The van der Waals surface area contributed by atoms with Crippen molar-refractivity contribution in [2.75, 3.05) is 0 Å². The van der Waals surface area contributed by atoms with E-state index in [4.69, 9.17) is 4.52 Å². The van der Waals surface area contributed by atoms with Crippen LogP contribution in [0, 0.1) is 0 Å². The molecule has 0 atom stereocenters. The van der Waals surface area contributed by atoms with Crippen molar-refractivity contribution in [3.8, 4) is 17.1 Å². The van der Waals surface area contributed by atoms with Crippen molar-refractivity contribution in [2.24, 2.45) is 0 Å². The van der Waals surface area contributed by atoms with Crippen molar-refractivity contribution in [1.82, 2.24) is 10.1 Å². The highest BCUT2D eigenvalue weighted by Gasteiger charge is 2.10. The van der Waals surface area contributed by atoms with Gasteiger partial charge in [-0.05, 0) is 12.1 Å². The van der Waals surface area contributed by atoms with Gasteiger partial charge in [-0.25, -0.2) is 0 Å². The van der Waals surface area contributed by atoms with Crippen molar-refractivity contribution in [1.29, 1.82) is 0 Å². The fourth-order valence-electron chi connectivity index (χ4n) is 1.18. The molecule has 76 valence electrons. The Labute approximate surface area is 85.4 Å². The molecule has 2 rings (SSSR count). The van der Waals surface area contributed by atoms with E-state index in [1.165, 1.54) is 6.07 Å². The molecule has 0 fully saturated rings. The zero-order chi connectivity index (χ0) is 10.7. The average Bonchev–Trinajstić information content (AvgIpc) is 2.68. The lowest BCUT2D eigenvalue weighted by molar-refractivity contribution is -0.107. The standard InChI is InChI=1S/C10H8N2O3/c13-6-5-9-11-10(12-15-9)7-3-1-2-4-8(7)14/h1-4,6,14H,5H2. The summed E-state index contributed by atoms with van der Waals surface area (Å²) in [6.45, 7) is 0. The Morgan fingerprint density at radius 2 is 2.20 bits per heavy atom. The Kier molecular flexibility index (Phi) is 2.45. The molecule has 2 aromatic rings. The number of phenolic OH excluding ortho intramolecular Hbond substituents is 1. The van der Waals surface area contributed by atoms with E-state index < -0.39 is 0 Å². The van der Waals surface area contributed by atoms with Crippen LogP contribution in [0.4, 0.5) is 0 Å². The molecule has 0 unspecified atom stereocenters. The summed E-state index contributed by atoms with van der Waals surface area (Å²) in [5.74, 6) is 0.601. The topological polar surface area (TPSA) is 76.2 Å². The molecular weight excluding hydrogens is 196 g/mol. The molecule has 5 nitrogen and oxygen atoms in total. The van der Waals surface area contributed by atoms with Crippen LogP contribution in [0.5, 0.6) is 5.75 Å². The average molecular weight is 204 g/mol. The quantitative estimate of drug-likeness (QED) is 0.760. The molecule has 0 saturated carbocycles. The van der Waals surface area contributed by atoms with E-state index in [0.29, 0.717) is 11.8 Å². The molecule has 0 radical (unpaired) electrons. The third kappa shape index (κ3) is 1.85. The first kappa shape index (κ1) is 9.39. The second-order valence-electron chi connectivity index (χ2n) is 2.90. The minimum atomic E-state index is 0.0796. The molecule has 0 spiro atoms. The van der Waals surface area contributed by atoms with Gasteiger partial charge in [0.2, 0.25) is 11.7 Å². The van der Waals surface area contributed by atoms with Crippen LogP contribution in [0.2, 0.25) is 0 Å². The first-order chi connectivity index (χ1) is 7.31. The Morgan fingerprint density at radius 1 is 1.40 bits per heavy atom. The van der Waals surface area contributed by atoms with Crippen LogP contribution in [0.15, 0.2) is 28.8 Å². The normalized spacial score (nSPS) is 10.1. The second kappa shape index (κ2) is 3.91. The molecular formula is C10H8N2O3. The molecule has 0 amide bonds. The number of carbonyl (C=O) groups is 1. The monoisotopic (exact) mass is 204 g/mol. The van der Waals surface area contributed by atoms with Crippen LogP contribution < -0.4 is 0 Å². The molecule has 1 heterocycles. The predicted octanol–water partition coefficient (Wildman–Crippen LogP) is 1.18. The number of aromatic nitrogens is 2. The summed E-state index contributed by atoms with van der Waals surface area (Å²) in [4.78, 5) is 14.2. The highest BCUT2D eigenvalue weighted by Crippen LogP contribution is 2.25. The van der Waals surface area contributed by atoms with Gasteiger partial charge in [-0.1, -0.05) is 17.3 Å². The number of hydrogen-bond acceptors (Lipinski definition) is 5. The minimum absolute atomic E-state index is 0.0796. The SMILES string of the molecule is O=CCc1nc(-c2ccccc2O)no1. The summed E-state index contributed by atoms with van der Waals surface area (Å²) in [6, 6.07) is 6.66. The number of phenols is 1. The molecule has 0 aliphatic heterocycles. The van der Waals surface area contributed by atoms with Gasteiger partial charge < -0.3 is 14.4 Å². The lowest BCUT2D eigenvalue weighted by atomic mass is 10.2. The van der Waals surface area contributed by atoms with Crippen LogP contribution in [0.1, 0.15) is 5.89 Å². The van der Waals surface area contributed by atoms with Gasteiger partial charge in [0, 0.05) is 0 Å². The second-order valence-corrected chi connectivity index (χ2v) is 2.90. The smallest absolute Gasteiger partial charge is 0.234 e. The Morgan fingerprint density at radius 3 is 2.93 bits per heavy atom. The maximum Gasteiger partial charge on any atom is 0.234 e. The van der Waals surface area contributed by atoms with Gasteiger partial charge in [-0.15, -0.1) is 0 Å². The highest BCUT2D eigenvalue weighted by atomic mass is 16.5. The molecule has 0 aliphatic rings. The van der Waals surface area contributed by atoms with E-state index in [2.05, 4.69) is 10.1 Å². The number of aromatic hydroxyl groups is 1. The van der Waals surface area contributed by atoms with Crippen molar-refractivity contribution in [2.45, 2.75) is 6.42 Å². The summed E-state index contributed by atoms with van der Waals surface area (Å²) in [7, 11) is 0. The first-order valence-electron chi connectivity index (χ1n) is 4.36. The van der Waals surface area contributed by atoms with Crippen molar-refractivity contribution in [3.05, 3.63) is 30.2 Å². The van der Waals surface area contributed by atoms with Gasteiger partial charge in [0.25, 0.3) is 0 Å². The van der Waals surface area contributed by atoms with Crippen LogP contribution in [-0.2, 0) is 11.2 Å². The molecule has 0 aliphatic carbocycles. The van der Waals surface area contributed by atoms with E-state index in [0.717, 1.165) is 0 Å². The molecule has 0 bridgehead atoms. The fraction of sp³-hybridized carbons (Fsp3) is 0.100. The third-order valence-corrected chi connectivity index (χ3v) is 1.87. The van der Waals surface area contributed by atoms with E-state index >= 15 is 0 Å². The third-order valence-electron chi connectivity index (χ3n) is 1.87. The van der Waals surface area contributed by atoms with Crippen molar-refractivity contribution in [3.63, 3.8) is 0 Å². The van der Waals surface area contributed by atoms with E-state index in [1.807, 2.05) is 0 Å². The van der Waals surface area contributed by atoms with E-state index in [-0.39, 0.29) is 23.9 Å². The fourth-order valence-corrected chi connectivity index (χ4v) is 1.18. The maximum absolute atomic E-state index is 10.2. The Hall–Kier alpha value is -2.17. The van der Waals surface area contributed by atoms with Gasteiger partial charge in [0.1, 0.15) is 12.0 Å². The Balaban J connectivity index is 2.37. The number of nitrogens with zero attached hydrogens (tertiary/aromatic N) is 2. The van der Waals surface area contributed by atoms with Gasteiger partial charge >= 0.3 is 0 Å².